The number of carbonyl (C=O) groups excluding carboxylic acids is 1. The van der Waals surface area contributed by atoms with Gasteiger partial charge < -0.3 is 24.6 Å². The Hall–Kier alpha value is -1.79. The van der Waals surface area contributed by atoms with Crippen molar-refractivity contribution in [3.8, 4) is 11.5 Å². The molecule has 0 radical (unpaired) electrons. The van der Waals surface area contributed by atoms with Crippen LogP contribution in [0.1, 0.15) is 85.6 Å². The fourth-order valence-corrected chi connectivity index (χ4v) is 5.14. The van der Waals surface area contributed by atoms with E-state index >= 15 is 0 Å². The monoisotopic (exact) mass is 519 g/mol. The molecule has 0 heterocycles. The van der Waals surface area contributed by atoms with Crippen LogP contribution in [0.3, 0.4) is 0 Å². The lowest BCUT2D eigenvalue weighted by atomic mass is 9.82. The van der Waals surface area contributed by atoms with Crippen LogP contribution in [0, 0.1) is 29.6 Å². The molecule has 1 aromatic rings. The molecular weight excluding hydrogens is 466 g/mol. The molecule has 1 saturated carbocycles. The van der Waals surface area contributed by atoms with Gasteiger partial charge in [-0.3, -0.25) is 4.79 Å². The number of amides is 1. The molecule has 1 aliphatic carbocycles. The number of nitrogens with one attached hydrogen (secondary N) is 1. The second-order valence-corrected chi connectivity index (χ2v) is 12.2. The number of benzene rings is 1. The largest absolute Gasteiger partial charge is 0.493 e. The van der Waals surface area contributed by atoms with Crippen LogP contribution in [-0.4, -0.2) is 50.1 Å². The third-order valence-electron chi connectivity index (χ3n) is 8.00. The molecule has 1 amide bonds. The van der Waals surface area contributed by atoms with E-state index in [0.717, 1.165) is 30.8 Å². The van der Waals surface area contributed by atoms with Gasteiger partial charge in [0.25, 0.3) is 0 Å². The number of methoxy groups -OCH3 is 2. The average Bonchev–Trinajstić information content (AvgIpc) is 3.68. The zero-order valence-electron chi connectivity index (χ0n) is 24.6. The fraction of sp³-hybridized carbons (Fsp3) is 0.774. The molecule has 0 aromatic heterocycles. The number of aliphatic hydroxyl groups is 1. The molecule has 0 aliphatic heterocycles. The third-order valence-corrected chi connectivity index (χ3v) is 8.00. The Morgan fingerprint density at radius 1 is 1.05 bits per heavy atom. The van der Waals surface area contributed by atoms with E-state index in [4.69, 9.17) is 14.2 Å². The second kappa shape index (κ2) is 15.0. The smallest absolute Gasteiger partial charge is 0.223 e. The summed E-state index contributed by atoms with van der Waals surface area (Å²) in [4.78, 5) is 13.1. The molecule has 2 N–H and O–H groups in total. The molecule has 1 aliphatic rings. The van der Waals surface area contributed by atoms with Crippen molar-refractivity contribution < 1.29 is 24.1 Å². The highest BCUT2D eigenvalue weighted by molar-refractivity contribution is 5.79. The Kier molecular flexibility index (Phi) is 12.7. The predicted molar refractivity (Wildman–Crippen MR) is 150 cm³/mol. The summed E-state index contributed by atoms with van der Waals surface area (Å²) in [6.07, 6.45) is 5.74. The first-order valence-electron chi connectivity index (χ1n) is 14.3. The number of rotatable bonds is 18. The van der Waals surface area contributed by atoms with Crippen LogP contribution in [-0.2, 0) is 16.0 Å². The van der Waals surface area contributed by atoms with Crippen molar-refractivity contribution >= 4 is 5.91 Å². The molecule has 2 rings (SSSR count). The van der Waals surface area contributed by atoms with Gasteiger partial charge in [-0.25, -0.2) is 0 Å². The lowest BCUT2D eigenvalue weighted by Gasteiger charge is -2.31. The van der Waals surface area contributed by atoms with Crippen LogP contribution >= 0.6 is 0 Å². The minimum atomic E-state index is -0.487. The van der Waals surface area contributed by atoms with Crippen molar-refractivity contribution in [3.63, 3.8) is 0 Å². The van der Waals surface area contributed by atoms with Gasteiger partial charge in [-0.05, 0) is 93.7 Å². The van der Waals surface area contributed by atoms with E-state index < -0.39 is 6.10 Å². The molecular formula is C31H53NO5. The maximum Gasteiger partial charge on any atom is 0.223 e. The Morgan fingerprint density at radius 2 is 1.76 bits per heavy atom. The number of hydrogen-bond donors (Lipinski definition) is 2. The van der Waals surface area contributed by atoms with Gasteiger partial charge in [-0.1, -0.05) is 33.8 Å². The van der Waals surface area contributed by atoms with Crippen molar-refractivity contribution in [2.45, 2.75) is 98.1 Å². The van der Waals surface area contributed by atoms with E-state index in [1.54, 1.807) is 14.2 Å². The van der Waals surface area contributed by atoms with Gasteiger partial charge in [0, 0.05) is 31.6 Å². The van der Waals surface area contributed by atoms with Gasteiger partial charge in [-0.15, -0.1) is 0 Å². The van der Waals surface area contributed by atoms with Gasteiger partial charge in [-0.2, -0.15) is 0 Å². The average molecular weight is 520 g/mol. The summed E-state index contributed by atoms with van der Waals surface area (Å²) >= 11 is 0. The maximum absolute atomic E-state index is 13.1. The van der Waals surface area contributed by atoms with E-state index in [2.05, 4.69) is 59.0 Å². The topological polar surface area (TPSA) is 77.0 Å². The highest BCUT2D eigenvalue weighted by Gasteiger charge is 2.40. The zero-order chi connectivity index (χ0) is 27.6. The summed E-state index contributed by atoms with van der Waals surface area (Å²) < 4.78 is 16.6. The maximum atomic E-state index is 13.1. The van der Waals surface area contributed by atoms with Crippen molar-refractivity contribution in [2.24, 2.45) is 29.6 Å². The Labute approximate surface area is 225 Å². The van der Waals surface area contributed by atoms with E-state index in [-0.39, 0.29) is 23.3 Å². The molecule has 0 spiro atoms. The molecule has 3 atom stereocenters. The van der Waals surface area contributed by atoms with Crippen molar-refractivity contribution in [1.82, 2.24) is 5.32 Å². The van der Waals surface area contributed by atoms with Crippen LogP contribution in [0.5, 0.6) is 11.5 Å². The van der Waals surface area contributed by atoms with Gasteiger partial charge >= 0.3 is 0 Å². The third kappa shape index (κ3) is 10.5. The van der Waals surface area contributed by atoms with Crippen LogP contribution in [0.25, 0.3) is 0 Å². The van der Waals surface area contributed by atoms with Crippen LogP contribution in [0.4, 0.5) is 0 Å². The fourth-order valence-electron chi connectivity index (χ4n) is 5.14. The number of ether oxygens (including phenoxy) is 3. The predicted octanol–water partition coefficient (Wildman–Crippen LogP) is 6.03. The lowest BCUT2D eigenvalue weighted by Crippen LogP contribution is -2.49. The molecule has 6 nitrogen and oxygen atoms in total. The minimum absolute atomic E-state index is 0.0858. The van der Waals surface area contributed by atoms with E-state index in [0.29, 0.717) is 43.8 Å². The van der Waals surface area contributed by atoms with E-state index in [1.165, 1.54) is 18.4 Å². The van der Waals surface area contributed by atoms with Crippen molar-refractivity contribution in [2.75, 3.05) is 27.4 Å². The number of carbonyl (C=O) groups is 1. The molecule has 6 heteroatoms. The second-order valence-electron chi connectivity index (χ2n) is 12.2. The lowest BCUT2D eigenvalue weighted by molar-refractivity contribution is -0.129. The van der Waals surface area contributed by atoms with E-state index in [9.17, 15) is 9.90 Å². The molecule has 2 unspecified atom stereocenters. The summed E-state index contributed by atoms with van der Waals surface area (Å²) in [5.41, 5.74) is 1.04. The SMILES string of the molecule is COCCCOc1cc(CC(CC[C@@H](O)CC(C(=O)NC(C)(C)C2CC2)C(C)C)C(C)C)ccc1OC. The summed E-state index contributed by atoms with van der Waals surface area (Å²) in [7, 11) is 3.35. The Balaban J connectivity index is 1.95. The summed E-state index contributed by atoms with van der Waals surface area (Å²) in [5, 5.41) is 14.2. The van der Waals surface area contributed by atoms with E-state index in [1.807, 2.05) is 6.07 Å². The summed E-state index contributed by atoms with van der Waals surface area (Å²) in [6.45, 7) is 14.1. The first-order valence-corrected chi connectivity index (χ1v) is 14.3. The van der Waals surface area contributed by atoms with Crippen molar-refractivity contribution in [1.29, 1.82) is 0 Å². The molecule has 37 heavy (non-hydrogen) atoms. The normalized spacial score (nSPS) is 16.5. The highest BCUT2D eigenvalue weighted by Crippen LogP contribution is 2.39. The highest BCUT2D eigenvalue weighted by atomic mass is 16.5. The minimum Gasteiger partial charge on any atom is -0.493 e. The van der Waals surface area contributed by atoms with Gasteiger partial charge in [0.15, 0.2) is 11.5 Å². The van der Waals surface area contributed by atoms with Crippen LogP contribution in [0.15, 0.2) is 18.2 Å². The van der Waals surface area contributed by atoms with Gasteiger partial charge in [0.2, 0.25) is 5.91 Å². The Bertz CT molecular complexity index is 818. The first kappa shape index (κ1) is 31.4. The van der Waals surface area contributed by atoms with Gasteiger partial charge in [0.05, 0.1) is 19.8 Å². The van der Waals surface area contributed by atoms with Crippen molar-refractivity contribution in [3.05, 3.63) is 23.8 Å². The standard InChI is InChI=1S/C31H53NO5/c1-21(2)24(18-23-10-15-28(36-8)29(19-23)37-17-9-16-35-7)11-14-26(33)20-27(22(3)4)30(34)32-31(5,6)25-12-13-25/h10,15,19,21-22,24-27,33H,9,11-14,16-18,20H2,1-8H3,(H,32,34)/t24?,26-,27?/m1/s1. The summed E-state index contributed by atoms with van der Waals surface area (Å²) in [5.74, 6) is 3.07. The molecule has 1 fully saturated rings. The summed E-state index contributed by atoms with van der Waals surface area (Å²) in [6, 6.07) is 6.16. The number of hydrogen-bond acceptors (Lipinski definition) is 5. The zero-order valence-corrected chi connectivity index (χ0v) is 24.6. The number of aliphatic hydroxyl groups excluding tert-OH is 1. The Morgan fingerprint density at radius 3 is 2.32 bits per heavy atom. The first-order chi connectivity index (χ1) is 17.5. The quantitative estimate of drug-likeness (QED) is 0.232. The molecule has 1 aromatic carbocycles. The van der Waals surface area contributed by atoms with Gasteiger partial charge in [0.1, 0.15) is 0 Å². The molecule has 0 saturated heterocycles. The molecule has 0 bridgehead atoms. The molecule has 212 valence electrons. The van der Waals surface area contributed by atoms with Crippen LogP contribution in [0.2, 0.25) is 0 Å². The van der Waals surface area contributed by atoms with Crippen LogP contribution < -0.4 is 14.8 Å².